The van der Waals surface area contributed by atoms with Crippen LogP contribution in [0.4, 0.5) is 0 Å². The zero-order chi connectivity index (χ0) is 14.2. The lowest BCUT2D eigenvalue weighted by Gasteiger charge is -2.04. The number of hydrogen-bond acceptors (Lipinski definition) is 5. The van der Waals surface area contributed by atoms with E-state index < -0.39 is 0 Å². The molecule has 0 aliphatic heterocycles. The lowest BCUT2D eigenvalue weighted by molar-refractivity contribution is 0.0882. The maximum atomic E-state index is 5.61. The molecule has 2 rings (SSSR count). The lowest BCUT2D eigenvalue weighted by Crippen LogP contribution is -2.11. The third-order valence-electron chi connectivity index (χ3n) is 2.81. The van der Waals surface area contributed by atoms with Crippen molar-refractivity contribution in [2.24, 2.45) is 0 Å². The fraction of sp³-hybridized carbons (Fsp3) is 0.400. The molecule has 0 saturated carbocycles. The summed E-state index contributed by atoms with van der Waals surface area (Å²) < 4.78 is 16.0. The maximum Gasteiger partial charge on any atom is 0.162 e. The molecule has 5 heteroatoms. The van der Waals surface area contributed by atoms with Gasteiger partial charge in [-0.3, -0.25) is 0 Å². The molecule has 5 nitrogen and oxygen atoms in total. The van der Waals surface area contributed by atoms with Crippen LogP contribution in [0.2, 0.25) is 0 Å². The van der Waals surface area contributed by atoms with E-state index in [4.69, 9.17) is 14.0 Å². The topological polar surface area (TPSA) is 56.5 Å². The fourth-order valence-corrected chi connectivity index (χ4v) is 1.79. The number of ether oxygens (including phenoxy) is 2. The van der Waals surface area contributed by atoms with Gasteiger partial charge in [0.2, 0.25) is 0 Å². The number of nitrogens with zero attached hydrogens (tertiary/aromatic N) is 1. The highest BCUT2D eigenvalue weighted by Gasteiger charge is 2.04. The number of aromatic nitrogens is 1. The van der Waals surface area contributed by atoms with Crippen molar-refractivity contribution < 1.29 is 14.0 Å². The molecule has 0 aliphatic rings. The summed E-state index contributed by atoms with van der Waals surface area (Å²) in [5.41, 5.74) is 1.96. The second kappa shape index (κ2) is 7.67. The molecule has 0 atom stereocenters. The van der Waals surface area contributed by atoms with Crippen LogP contribution in [0.15, 0.2) is 34.9 Å². The van der Waals surface area contributed by atoms with Crippen molar-refractivity contribution in [3.8, 4) is 5.75 Å². The average molecular weight is 276 g/mol. The molecule has 0 bridgehead atoms. The Kier molecular flexibility index (Phi) is 5.58. The normalized spacial score (nSPS) is 10.7. The van der Waals surface area contributed by atoms with E-state index in [0.717, 1.165) is 35.9 Å². The van der Waals surface area contributed by atoms with Gasteiger partial charge in [0, 0.05) is 12.6 Å². The van der Waals surface area contributed by atoms with Gasteiger partial charge in [-0.05, 0) is 24.2 Å². The molecule has 1 aromatic heterocycles. The van der Waals surface area contributed by atoms with E-state index in [1.807, 2.05) is 30.3 Å². The molecule has 0 saturated heterocycles. The molecule has 0 aliphatic carbocycles. The summed E-state index contributed by atoms with van der Waals surface area (Å²) in [4.78, 5) is 0. The first-order chi connectivity index (χ1) is 9.81. The quantitative estimate of drug-likeness (QED) is 0.803. The van der Waals surface area contributed by atoms with E-state index in [2.05, 4.69) is 17.4 Å². The third kappa shape index (κ3) is 4.36. The molecule has 1 aromatic carbocycles. The van der Waals surface area contributed by atoms with Crippen molar-refractivity contribution in [3.63, 3.8) is 0 Å². The highest BCUT2D eigenvalue weighted by molar-refractivity contribution is 5.27. The van der Waals surface area contributed by atoms with Crippen LogP contribution in [-0.2, 0) is 24.5 Å². The molecule has 20 heavy (non-hydrogen) atoms. The summed E-state index contributed by atoms with van der Waals surface area (Å²) in [6.45, 7) is 4.61. The SMILES string of the molecule is CCNCc1cc(COCc2cccc(OC)c2)on1. The van der Waals surface area contributed by atoms with Gasteiger partial charge in [0.1, 0.15) is 12.4 Å². The van der Waals surface area contributed by atoms with Crippen molar-refractivity contribution in [2.45, 2.75) is 26.7 Å². The van der Waals surface area contributed by atoms with Crippen LogP contribution in [0, 0.1) is 0 Å². The van der Waals surface area contributed by atoms with Gasteiger partial charge in [-0.25, -0.2) is 0 Å². The van der Waals surface area contributed by atoms with Gasteiger partial charge in [-0.2, -0.15) is 0 Å². The Bertz CT molecular complexity index is 525. The number of hydrogen-bond donors (Lipinski definition) is 1. The van der Waals surface area contributed by atoms with Crippen molar-refractivity contribution in [3.05, 3.63) is 47.3 Å². The lowest BCUT2D eigenvalue weighted by atomic mass is 10.2. The summed E-state index contributed by atoms with van der Waals surface area (Å²) in [5.74, 6) is 1.57. The van der Waals surface area contributed by atoms with Crippen molar-refractivity contribution in [1.29, 1.82) is 0 Å². The first kappa shape index (κ1) is 14.6. The van der Waals surface area contributed by atoms with Crippen LogP contribution in [0.3, 0.4) is 0 Å². The highest BCUT2D eigenvalue weighted by atomic mass is 16.5. The predicted octanol–water partition coefficient (Wildman–Crippen LogP) is 2.51. The Morgan fingerprint density at radius 2 is 2.15 bits per heavy atom. The summed E-state index contributed by atoms with van der Waals surface area (Å²) in [6, 6.07) is 9.72. The van der Waals surface area contributed by atoms with Gasteiger partial charge in [-0.15, -0.1) is 0 Å². The molecule has 0 amide bonds. The van der Waals surface area contributed by atoms with E-state index in [0.29, 0.717) is 13.2 Å². The smallest absolute Gasteiger partial charge is 0.162 e. The summed E-state index contributed by atoms with van der Waals surface area (Å²) >= 11 is 0. The summed E-state index contributed by atoms with van der Waals surface area (Å²) in [7, 11) is 1.65. The Hall–Kier alpha value is -1.85. The summed E-state index contributed by atoms with van der Waals surface area (Å²) in [5, 5.41) is 7.16. The first-order valence-electron chi connectivity index (χ1n) is 6.67. The van der Waals surface area contributed by atoms with Gasteiger partial charge >= 0.3 is 0 Å². The molecule has 1 N–H and O–H groups in total. The van der Waals surface area contributed by atoms with E-state index in [1.165, 1.54) is 0 Å². The van der Waals surface area contributed by atoms with Crippen molar-refractivity contribution in [1.82, 2.24) is 10.5 Å². The molecule has 1 heterocycles. The zero-order valence-electron chi connectivity index (χ0n) is 11.9. The van der Waals surface area contributed by atoms with Crippen molar-refractivity contribution in [2.75, 3.05) is 13.7 Å². The number of methoxy groups -OCH3 is 1. The largest absolute Gasteiger partial charge is 0.497 e. The van der Waals surface area contributed by atoms with Crippen LogP contribution in [-0.4, -0.2) is 18.8 Å². The minimum Gasteiger partial charge on any atom is -0.497 e. The summed E-state index contributed by atoms with van der Waals surface area (Å²) in [6.07, 6.45) is 0. The Labute approximate surface area is 118 Å². The van der Waals surface area contributed by atoms with E-state index >= 15 is 0 Å². The van der Waals surface area contributed by atoms with Crippen LogP contribution >= 0.6 is 0 Å². The van der Waals surface area contributed by atoms with Crippen molar-refractivity contribution >= 4 is 0 Å². The van der Waals surface area contributed by atoms with Gasteiger partial charge in [0.05, 0.1) is 19.4 Å². The zero-order valence-corrected chi connectivity index (χ0v) is 11.9. The van der Waals surface area contributed by atoms with Gasteiger partial charge in [0.15, 0.2) is 5.76 Å². The maximum absolute atomic E-state index is 5.61. The number of benzene rings is 1. The number of rotatable bonds is 8. The Balaban J connectivity index is 1.78. The van der Waals surface area contributed by atoms with Gasteiger partial charge in [-0.1, -0.05) is 24.2 Å². The van der Waals surface area contributed by atoms with E-state index in [-0.39, 0.29) is 0 Å². The van der Waals surface area contributed by atoms with E-state index in [9.17, 15) is 0 Å². The second-order valence-corrected chi connectivity index (χ2v) is 4.41. The Morgan fingerprint density at radius 1 is 1.25 bits per heavy atom. The molecule has 108 valence electrons. The van der Waals surface area contributed by atoms with E-state index in [1.54, 1.807) is 7.11 Å². The molecule has 0 radical (unpaired) electrons. The van der Waals surface area contributed by atoms with Crippen LogP contribution in [0.25, 0.3) is 0 Å². The number of nitrogens with one attached hydrogen (secondary N) is 1. The van der Waals surface area contributed by atoms with Gasteiger partial charge < -0.3 is 19.3 Å². The molecular weight excluding hydrogens is 256 g/mol. The highest BCUT2D eigenvalue weighted by Crippen LogP contribution is 2.14. The molecule has 0 unspecified atom stereocenters. The first-order valence-corrected chi connectivity index (χ1v) is 6.67. The van der Waals surface area contributed by atoms with Gasteiger partial charge in [0.25, 0.3) is 0 Å². The average Bonchev–Trinajstić information content (AvgIpc) is 2.93. The fourth-order valence-electron chi connectivity index (χ4n) is 1.79. The predicted molar refractivity (Wildman–Crippen MR) is 75.4 cm³/mol. The Morgan fingerprint density at radius 3 is 2.95 bits per heavy atom. The second-order valence-electron chi connectivity index (χ2n) is 4.41. The molecule has 2 aromatic rings. The minimum atomic E-state index is 0.413. The minimum absolute atomic E-state index is 0.413. The molecule has 0 spiro atoms. The molecular formula is C15H20N2O3. The molecule has 0 fully saturated rings. The third-order valence-corrected chi connectivity index (χ3v) is 2.81. The van der Waals surface area contributed by atoms with Crippen LogP contribution < -0.4 is 10.1 Å². The monoisotopic (exact) mass is 276 g/mol. The van der Waals surface area contributed by atoms with Crippen LogP contribution in [0.5, 0.6) is 5.75 Å². The standard InChI is InChI=1S/C15H20N2O3/c1-3-16-9-13-8-15(20-17-13)11-19-10-12-5-4-6-14(7-12)18-2/h4-8,16H,3,9-11H2,1-2H3. The van der Waals surface area contributed by atoms with Crippen LogP contribution in [0.1, 0.15) is 23.9 Å².